The van der Waals surface area contributed by atoms with Gasteiger partial charge >= 0.3 is 0 Å². The van der Waals surface area contributed by atoms with Gasteiger partial charge in [-0.25, -0.2) is 0 Å². The standard InChI is InChI=1S/C13H15ClN4OS.ClH/c1-18-7-6-15-8-10(18)13-16-12(19-17-13)5-3-9-2-4-11(14)20-9;/h2-5,10,15H,6-8H2,1H3;1H/b5-3+;. The molecule has 5 nitrogen and oxygen atoms in total. The van der Waals surface area contributed by atoms with Crippen molar-refractivity contribution in [1.29, 1.82) is 0 Å². The van der Waals surface area contributed by atoms with Crippen molar-refractivity contribution in [3.8, 4) is 0 Å². The van der Waals surface area contributed by atoms with E-state index >= 15 is 0 Å². The van der Waals surface area contributed by atoms with Gasteiger partial charge in [0.2, 0.25) is 0 Å². The summed E-state index contributed by atoms with van der Waals surface area (Å²) >= 11 is 7.40. The first kappa shape index (κ1) is 16.5. The van der Waals surface area contributed by atoms with Crippen LogP contribution in [0.4, 0.5) is 0 Å². The fraction of sp³-hybridized carbons (Fsp3) is 0.385. The molecule has 0 spiro atoms. The lowest BCUT2D eigenvalue weighted by Gasteiger charge is -2.30. The van der Waals surface area contributed by atoms with Crippen LogP contribution in [0.5, 0.6) is 0 Å². The lowest BCUT2D eigenvalue weighted by atomic mass is 10.2. The van der Waals surface area contributed by atoms with E-state index < -0.39 is 0 Å². The van der Waals surface area contributed by atoms with E-state index in [1.165, 1.54) is 11.3 Å². The maximum Gasteiger partial charge on any atom is 0.250 e. The van der Waals surface area contributed by atoms with Crippen LogP contribution in [0.1, 0.15) is 22.6 Å². The average Bonchev–Trinajstić information content (AvgIpc) is 3.06. The third kappa shape index (κ3) is 4.05. The first-order chi connectivity index (χ1) is 9.72. The minimum Gasteiger partial charge on any atom is -0.335 e. The summed E-state index contributed by atoms with van der Waals surface area (Å²) in [4.78, 5) is 7.72. The van der Waals surface area contributed by atoms with Crippen LogP contribution < -0.4 is 5.32 Å². The van der Waals surface area contributed by atoms with Crippen LogP contribution in [-0.2, 0) is 0 Å². The second-order valence-electron chi connectivity index (χ2n) is 4.67. The van der Waals surface area contributed by atoms with Gasteiger partial charge in [-0.3, -0.25) is 4.90 Å². The molecule has 3 rings (SSSR count). The van der Waals surface area contributed by atoms with Gasteiger partial charge in [0, 0.05) is 30.6 Å². The Morgan fingerprint density at radius 2 is 2.33 bits per heavy atom. The number of hydrogen-bond acceptors (Lipinski definition) is 6. The molecule has 0 amide bonds. The molecule has 1 saturated heterocycles. The zero-order valence-corrected chi connectivity index (χ0v) is 13.8. The monoisotopic (exact) mass is 346 g/mol. The van der Waals surface area contributed by atoms with Gasteiger partial charge in [-0.15, -0.1) is 23.7 Å². The summed E-state index contributed by atoms with van der Waals surface area (Å²) < 4.78 is 6.03. The smallest absolute Gasteiger partial charge is 0.250 e. The van der Waals surface area contributed by atoms with Crippen LogP contribution in [-0.4, -0.2) is 41.7 Å². The van der Waals surface area contributed by atoms with E-state index in [9.17, 15) is 0 Å². The summed E-state index contributed by atoms with van der Waals surface area (Å²) in [6.07, 6.45) is 3.74. The Kier molecular flexibility index (Phi) is 5.78. The minimum absolute atomic E-state index is 0. The third-order valence-electron chi connectivity index (χ3n) is 3.25. The molecule has 1 N–H and O–H groups in total. The number of hydrogen-bond donors (Lipinski definition) is 1. The van der Waals surface area contributed by atoms with Gasteiger partial charge in [-0.1, -0.05) is 16.8 Å². The molecule has 8 heteroatoms. The Morgan fingerprint density at radius 3 is 3.05 bits per heavy atom. The van der Waals surface area contributed by atoms with Crippen molar-refractivity contribution in [3.63, 3.8) is 0 Å². The number of rotatable bonds is 3. The second kappa shape index (κ2) is 7.38. The average molecular weight is 347 g/mol. The van der Waals surface area contributed by atoms with Crippen LogP contribution in [0, 0.1) is 0 Å². The van der Waals surface area contributed by atoms with E-state index in [0.717, 1.165) is 34.7 Å². The van der Waals surface area contributed by atoms with Gasteiger partial charge in [0.05, 0.1) is 10.4 Å². The summed E-state index contributed by atoms with van der Waals surface area (Å²) in [5.74, 6) is 1.24. The summed E-state index contributed by atoms with van der Waals surface area (Å²) in [6.45, 7) is 2.83. The van der Waals surface area contributed by atoms with E-state index in [1.54, 1.807) is 0 Å². The molecule has 0 bridgehead atoms. The highest BCUT2D eigenvalue weighted by Gasteiger charge is 2.24. The number of halogens is 2. The number of likely N-dealkylation sites (N-methyl/N-ethyl adjacent to an activating group) is 1. The summed E-state index contributed by atoms with van der Waals surface area (Å²) in [5.41, 5.74) is 0. The number of nitrogens with one attached hydrogen (secondary N) is 1. The highest BCUT2D eigenvalue weighted by molar-refractivity contribution is 7.17. The minimum atomic E-state index is 0. The Balaban J connectivity index is 0.00000161. The first-order valence-electron chi connectivity index (χ1n) is 6.40. The lowest BCUT2D eigenvalue weighted by molar-refractivity contribution is 0.190. The number of nitrogens with zero attached hydrogens (tertiary/aromatic N) is 3. The van der Waals surface area contributed by atoms with Crippen molar-refractivity contribution in [3.05, 3.63) is 33.1 Å². The van der Waals surface area contributed by atoms with Gasteiger partial charge < -0.3 is 9.84 Å². The van der Waals surface area contributed by atoms with Crippen LogP contribution in [0.3, 0.4) is 0 Å². The molecule has 21 heavy (non-hydrogen) atoms. The van der Waals surface area contributed by atoms with Gasteiger partial charge in [-0.05, 0) is 25.3 Å². The van der Waals surface area contributed by atoms with Gasteiger partial charge in [-0.2, -0.15) is 4.98 Å². The van der Waals surface area contributed by atoms with Gasteiger partial charge in [0.1, 0.15) is 0 Å². The Hall–Kier alpha value is -0.920. The Bertz CT molecular complexity index is 613. The molecule has 1 fully saturated rings. The Labute approximate surface area is 138 Å². The lowest BCUT2D eigenvalue weighted by Crippen LogP contribution is -2.44. The molecule has 0 saturated carbocycles. The van der Waals surface area contributed by atoms with Crippen molar-refractivity contribution < 1.29 is 4.52 Å². The number of aromatic nitrogens is 2. The molecule has 1 aliphatic rings. The number of piperazine rings is 1. The Morgan fingerprint density at radius 1 is 1.48 bits per heavy atom. The SMILES string of the molecule is CN1CCNCC1c1noc(/C=C/c2ccc(Cl)s2)n1.Cl. The molecule has 0 aliphatic carbocycles. The van der Waals surface area contributed by atoms with E-state index in [4.69, 9.17) is 16.1 Å². The van der Waals surface area contributed by atoms with Crippen molar-refractivity contribution in [2.24, 2.45) is 0 Å². The fourth-order valence-corrected chi connectivity index (χ4v) is 3.08. The van der Waals surface area contributed by atoms with Crippen molar-refractivity contribution in [1.82, 2.24) is 20.4 Å². The highest BCUT2D eigenvalue weighted by atomic mass is 35.5. The van der Waals surface area contributed by atoms with Gasteiger partial charge in [0.15, 0.2) is 5.82 Å². The largest absolute Gasteiger partial charge is 0.335 e. The molecular formula is C13H16Cl2N4OS. The molecule has 2 aromatic rings. The van der Waals surface area contributed by atoms with E-state index in [-0.39, 0.29) is 18.4 Å². The predicted octanol–water partition coefficient (Wildman–Crippen LogP) is 2.95. The van der Waals surface area contributed by atoms with Crippen molar-refractivity contribution in [2.75, 3.05) is 26.7 Å². The predicted molar refractivity (Wildman–Crippen MR) is 88.0 cm³/mol. The molecule has 1 unspecified atom stereocenters. The fourth-order valence-electron chi connectivity index (χ4n) is 2.12. The van der Waals surface area contributed by atoms with Crippen LogP contribution in [0.25, 0.3) is 12.2 Å². The molecule has 2 aromatic heterocycles. The van der Waals surface area contributed by atoms with Crippen molar-refractivity contribution in [2.45, 2.75) is 6.04 Å². The zero-order chi connectivity index (χ0) is 13.9. The summed E-state index contributed by atoms with van der Waals surface area (Å²) in [5, 5.41) is 7.41. The van der Waals surface area contributed by atoms with Gasteiger partial charge in [0.25, 0.3) is 5.89 Å². The zero-order valence-electron chi connectivity index (χ0n) is 11.5. The molecule has 114 valence electrons. The van der Waals surface area contributed by atoms with Crippen LogP contribution in [0.2, 0.25) is 4.34 Å². The topological polar surface area (TPSA) is 54.2 Å². The molecular weight excluding hydrogens is 331 g/mol. The summed E-state index contributed by atoms with van der Waals surface area (Å²) in [6, 6.07) is 4.00. The van der Waals surface area contributed by atoms with Crippen LogP contribution >= 0.6 is 35.3 Å². The van der Waals surface area contributed by atoms with E-state index in [0.29, 0.717) is 5.89 Å². The molecule has 3 heterocycles. The first-order valence-corrected chi connectivity index (χ1v) is 7.60. The second-order valence-corrected chi connectivity index (χ2v) is 6.41. The van der Waals surface area contributed by atoms with Crippen LogP contribution in [0.15, 0.2) is 16.7 Å². The maximum atomic E-state index is 5.88. The molecule has 1 aliphatic heterocycles. The maximum absolute atomic E-state index is 5.88. The molecule has 0 radical (unpaired) electrons. The highest BCUT2D eigenvalue weighted by Crippen LogP contribution is 2.23. The van der Waals surface area contributed by atoms with E-state index in [2.05, 4.69) is 27.4 Å². The normalized spacial score (nSPS) is 19.8. The number of thiophene rings is 1. The molecule has 0 aromatic carbocycles. The quantitative estimate of drug-likeness (QED) is 0.925. The molecule has 1 atom stereocenters. The summed E-state index contributed by atoms with van der Waals surface area (Å²) in [7, 11) is 2.07. The third-order valence-corrected chi connectivity index (χ3v) is 4.45. The van der Waals surface area contributed by atoms with E-state index in [1.807, 2.05) is 24.3 Å². The van der Waals surface area contributed by atoms with Crippen molar-refractivity contribution >= 4 is 47.5 Å².